The fourth-order valence-electron chi connectivity index (χ4n) is 1.42. The van der Waals surface area contributed by atoms with E-state index in [-0.39, 0.29) is 30.0 Å². The maximum Gasteiger partial charge on any atom is 0.331 e. The lowest BCUT2D eigenvalue weighted by Gasteiger charge is -2.38. The van der Waals surface area contributed by atoms with Crippen molar-refractivity contribution in [2.75, 3.05) is 19.0 Å². The molecule has 0 amide bonds. The van der Waals surface area contributed by atoms with Crippen LogP contribution >= 0.6 is 24.4 Å². The zero-order chi connectivity index (χ0) is 18.6. The summed E-state index contributed by atoms with van der Waals surface area (Å²) in [5.74, 6) is 0.132. The third-order valence-electron chi connectivity index (χ3n) is 4.16. The maximum absolute atomic E-state index is 11.5. The van der Waals surface area contributed by atoms with Gasteiger partial charge in [0, 0.05) is 18.6 Å². The lowest BCUT2D eigenvalue weighted by molar-refractivity contribution is -0.140. The van der Waals surface area contributed by atoms with Crippen LogP contribution in [0.25, 0.3) is 0 Å². The van der Waals surface area contributed by atoms with Crippen molar-refractivity contribution in [3.8, 4) is 0 Å². The highest BCUT2D eigenvalue weighted by molar-refractivity contribution is 8.02. The molecule has 0 aliphatic rings. The van der Waals surface area contributed by atoms with E-state index >= 15 is 0 Å². The second kappa shape index (κ2) is 11.6. The topological polar surface area (TPSA) is 52.6 Å². The lowest BCUT2D eigenvalue weighted by atomic mass is 9.68. The molecule has 0 saturated carbocycles. The second-order valence-electron chi connectivity index (χ2n) is 7.06. The maximum atomic E-state index is 11.5. The van der Waals surface area contributed by atoms with Crippen molar-refractivity contribution >= 4 is 36.3 Å². The van der Waals surface area contributed by atoms with Gasteiger partial charge < -0.3 is 9.47 Å². The predicted molar refractivity (Wildman–Crippen MR) is 104 cm³/mol. The van der Waals surface area contributed by atoms with E-state index < -0.39 is 5.97 Å². The van der Waals surface area contributed by atoms with Crippen LogP contribution in [0.3, 0.4) is 0 Å². The average Bonchev–Trinajstić information content (AvgIpc) is 2.45. The SMILES string of the molecule is CC(C)(C)C(C)(C)CCS/C=C/C(=O)OCCCOC(=O)/C=C/S. The molecule has 0 aromatic carbocycles. The zero-order valence-electron chi connectivity index (χ0n) is 15.3. The minimum absolute atomic E-state index is 0.213. The van der Waals surface area contributed by atoms with Gasteiger partial charge in [-0.1, -0.05) is 34.6 Å². The first-order valence-electron chi connectivity index (χ1n) is 8.02. The van der Waals surface area contributed by atoms with Crippen molar-refractivity contribution in [2.45, 2.75) is 47.5 Å². The number of hydrogen-bond acceptors (Lipinski definition) is 6. The van der Waals surface area contributed by atoms with Gasteiger partial charge in [-0.05, 0) is 33.8 Å². The fourth-order valence-corrected chi connectivity index (χ4v) is 2.52. The number of rotatable bonds is 10. The number of hydrogen-bond donors (Lipinski definition) is 1. The minimum Gasteiger partial charge on any atom is -0.462 e. The predicted octanol–water partition coefficient (Wildman–Crippen LogP) is 4.62. The van der Waals surface area contributed by atoms with Crippen LogP contribution in [0, 0.1) is 10.8 Å². The molecule has 0 aromatic heterocycles. The van der Waals surface area contributed by atoms with Crippen LogP contribution < -0.4 is 0 Å². The molecule has 0 spiro atoms. The molecule has 0 bridgehead atoms. The van der Waals surface area contributed by atoms with Crippen molar-refractivity contribution in [3.05, 3.63) is 23.0 Å². The van der Waals surface area contributed by atoms with Crippen molar-refractivity contribution in [2.24, 2.45) is 10.8 Å². The average molecular weight is 375 g/mol. The van der Waals surface area contributed by atoms with Gasteiger partial charge in [-0.15, -0.1) is 11.8 Å². The summed E-state index contributed by atoms with van der Waals surface area (Å²) in [4.78, 5) is 22.5. The van der Waals surface area contributed by atoms with E-state index in [1.165, 1.54) is 17.6 Å². The number of carbonyl (C=O) groups is 2. The normalized spacial score (nSPS) is 12.8. The Morgan fingerprint density at radius 3 is 2.04 bits per heavy atom. The van der Waals surface area contributed by atoms with Crippen LogP contribution in [-0.4, -0.2) is 30.9 Å². The van der Waals surface area contributed by atoms with Gasteiger partial charge >= 0.3 is 11.9 Å². The fraction of sp³-hybridized carbons (Fsp3) is 0.667. The highest BCUT2D eigenvalue weighted by Crippen LogP contribution is 2.41. The van der Waals surface area contributed by atoms with Gasteiger partial charge in [-0.2, -0.15) is 12.6 Å². The summed E-state index contributed by atoms with van der Waals surface area (Å²) in [6.07, 6.45) is 4.20. The Balaban J connectivity index is 3.78. The summed E-state index contributed by atoms with van der Waals surface area (Å²) in [5.41, 5.74) is 0.496. The number of esters is 2. The summed E-state index contributed by atoms with van der Waals surface area (Å²) in [6.45, 7) is 11.7. The molecule has 0 aromatic rings. The largest absolute Gasteiger partial charge is 0.462 e. The number of ether oxygens (including phenoxy) is 2. The first kappa shape index (κ1) is 23.1. The van der Waals surface area contributed by atoms with Crippen LogP contribution in [0.5, 0.6) is 0 Å². The second-order valence-corrected chi connectivity index (χ2v) is 8.37. The molecule has 4 nitrogen and oxygen atoms in total. The molecule has 0 rings (SSSR count). The Morgan fingerprint density at radius 1 is 1.00 bits per heavy atom. The molecular weight excluding hydrogens is 344 g/mol. The summed E-state index contributed by atoms with van der Waals surface area (Å²) in [5, 5.41) is 3.09. The molecule has 0 aliphatic heterocycles. The van der Waals surface area contributed by atoms with Gasteiger partial charge in [0.1, 0.15) is 0 Å². The van der Waals surface area contributed by atoms with Gasteiger partial charge in [0.15, 0.2) is 0 Å². The van der Waals surface area contributed by atoms with E-state index in [1.807, 2.05) is 0 Å². The standard InChI is InChI=1S/C18H30O4S2/c1-17(2,3)18(4,5)9-14-24-13-8-16(20)22-11-6-10-21-15(19)7-12-23/h7-8,12-13,23H,6,9-11,14H2,1-5H3/b12-7+,13-8+. The Labute approximate surface area is 155 Å². The van der Waals surface area contributed by atoms with E-state index in [9.17, 15) is 9.59 Å². The summed E-state index contributed by atoms with van der Waals surface area (Å²) < 4.78 is 9.87. The van der Waals surface area contributed by atoms with E-state index in [4.69, 9.17) is 9.47 Å². The van der Waals surface area contributed by atoms with Gasteiger partial charge in [0.2, 0.25) is 0 Å². The molecule has 0 unspecified atom stereocenters. The van der Waals surface area contributed by atoms with Gasteiger partial charge in [0.25, 0.3) is 0 Å². The Bertz CT molecular complexity index is 448. The molecule has 138 valence electrons. The molecule has 0 heterocycles. The van der Waals surface area contributed by atoms with E-state index in [0.717, 1.165) is 12.2 Å². The highest BCUT2D eigenvalue weighted by atomic mass is 32.2. The quantitative estimate of drug-likeness (QED) is 0.262. The summed E-state index contributed by atoms with van der Waals surface area (Å²) in [7, 11) is 0. The molecule has 24 heavy (non-hydrogen) atoms. The monoisotopic (exact) mass is 374 g/mol. The molecule has 0 fully saturated rings. The molecule has 0 atom stereocenters. The summed E-state index contributed by atoms with van der Waals surface area (Å²) >= 11 is 5.38. The van der Waals surface area contributed by atoms with Gasteiger partial charge in [-0.3, -0.25) is 0 Å². The van der Waals surface area contributed by atoms with Crippen molar-refractivity contribution in [1.82, 2.24) is 0 Å². The third kappa shape index (κ3) is 10.8. The summed E-state index contributed by atoms with van der Waals surface area (Å²) in [6, 6.07) is 0. The molecule has 6 heteroatoms. The van der Waals surface area contributed by atoms with Crippen molar-refractivity contribution in [1.29, 1.82) is 0 Å². The minimum atomic E-state index is -0.453. The van der Waals surface area contributed by atoms with E-state index in [0.29, 0.717) is 6.42 Å². The van der Waals surface area contributed by atoms with Crippen molar-refractivity contribution in [3.63, 3.8) is 0 Å². The smallest absolute Gasteiger partial charge is 0.331 e. The Kier molecular flexibility index (Phi) is 11.2. The van der Waals surface area contributed by atoms with Gasteiger partial charge in [0.05, 0.1) is 13.2 Å². The van der Waals surface area contributed by atoms with Crippen molar-refractivity contribution < 1.29 is 19.1 Å². The molecule has 0 aliphatic carbocycles. The number of thiol groups is 1. The van der Waals surface area contributed by atoms with E-state index in [1.54, 1.807) is 17.2 Å². The zero-order valence-corrected chi connectivity index (χ0v) is 17.0. The third-order valence-corrected chi connectivity index (χ3v) is 5.08. The van der Waals surface area contributed by atoms with Crippen LogP contribution in [0.15, 0.2) is 23.0 Å². The van der Waals surface area contributed by atoms with E-state index in [2.05, 4.69) is 47.2 Å². The number of carbonyl (C=O) groups excluding carboxylic acids is 2. The highest BCUT2D eigenvalue weighted by Gasteiger charge is 2.31. The van der Waals surface area contributed by atoms with Crippen LogP contribution in [0.4, 0.5) is 0 Å². The first-order valence-corrected chi connectivity index (χ1v) is 9.59. The first-order chi connectivity index (χ1) is 11.1. The van der Waals surface area contributed by atoms with Gasteiger partial charge in [-0.25, -0.2) is 9.59 Å². The van der Waals surface area contributed by atoms with Crippen LogP contribution in [-0.2, 0) is 19.1 Å². The molecule has 0 N–H and O–H groups in total. The lowest BCUT2D eigenvalue weighted by Crippen LogP contribution is -2.30. The molecule has 0 radical (unpaired) electrons. The Morgan fingerprint density at radius 2 is 1.54 bits per heavy atom. The molecular formula is C18H30O4S2. The van der Waals surface area contributed by atoms with Crippen LogP contribution in [0.2, 0.25) is 0 Å². The Hall–Kier alpha value is -0.880. The van der Waals surface area contributed by atoms with Crippen LogP contribution in [0.1, 0.15) is 47.5 Å². The molecule has 0 saturated heterocycles. The number of thioether (sulfide) groups is 1.